The molecule has 9 heteroatoms. The molecule has 2 unspecified atom stereocenters. The van der Waals surface area contributed by atoms with Crippen LogP contribution >= 0.6 is 0 Å². The molecule has 2 rings (SSSR count). The van der Waals surface area contributed by atoms with Gasteiger partial charge in [0.1, 0.15) is 18.3 Å². The van der Waals surface area contributed by atoms with Crippen molar-refractivity contribution < 1.29 is 19.7 Å². The second kappa shape index (κ2) is 8.54. The van der Waals surface area contributed by atoms with Crippen molar-refractivity contribution in [3.8, 4) is 0 Å². The van der Waals surface area contributed by atoms with Gasteiger partial charge in [0.15, 0.2) is 6.23 Å². The van der Waals surface area contributed by atoms with E-state index in [2.05, 4.69) is 10.3 Å². The van der Waals surface area contributed by atoms with Gasteiger partial charge in [0, 0.05) is 32.0 Å². The van der Waals surface area contributed by atoms with Crippen LogP contribution in [0, 0.1) is 0 Å². The first-order valence-electron chi connectivity index (χ1n) is 8.04. The molecule has 4 N–H and O–H groups in total. The summed E-state index contributed by atoms with van der Waals surface area (Å²) in [7, 11) is 1.38. The van der Waals surface area contributed by atoms with Gasteiger partial charge in [-0.2, -0.15) is 0 Å². The van der Waals surface area contributed by atoms with E-state index in [1.165, 1.54) is 17.9 Å². The Labute approximate surface area is 144 Å². The lowest BCUT2D eigenvalue weighted by molar-refractivity contribution is -0.0626. The average Bonchev–Trinajstić information content (AvgIpc) is 2.88. The predicted octanol–water partition coefficient (Wildman–Crippen LogP) is -1.14. The third kappa shape index (κ3) is 4.44. The lowest BCUT2D eigenvalue weighted by atomic mass is 10.1. The molecule has 2 heterocycles. The van der Waals surface area contributed by atoms with Gasteiger partial charge in [-0.15, -0.1) is 0 Å². The number of aliphatic hydroxyl groups is 2. The molecule has 4 atom stereocenters. The quantitative estimate of drug-likeness (QED) is 0.360. The molecule has 1 fully saturated rings. The molecule has 0 radical (unpaired) electrons. The molecule has 1 aromatic rings. The Balaban J connectivity index is 2.26. The number of hydrogen-bond donors (Lipinski definition) is 4. The number of methoxy groups -OCH3 is 1. The minimum Gasteiger partial charge on any atom is -0.394 e. The van der Waals surface area contributed by atoms with E-state index in [1.807, 2.05) is 19.9 Å². The molecule has 25 heavy (non-hydrogen) atoms. The van der Waals surface area contributed by atoms with Crippen LogP contribution in [0.15, 0.2) is 27.4 Å². The van der Waals surface area contributed by atoms with Gasteiger partial charge >= 0.3 is 5.69 Å². The van der Waals surface area contributed by atoms with Crippen LogP contribution < -0.4 is 16.6 Å². The van der Waals surface area contributed by atoms with Gasteiger partial charge in [-0.3, -0.25) is 14.3 Å². The Kier molecular flexibility index (Phi) is 6.68. The number of aromatic amines is 1. The summed E-state index contributed by atoms with van der Waals surface area (Å²) in [6, 6.07) is 0. The molecule has 0 spiro atoms. The monoisotopic (exact) mass is 355 g/mol. The maximum atomic E-state index is 12.2. The van der Waals surface area contributed by atoms with Gasteiger partial charge in [0.25, 0.3) is 5.56 Å². The van der Waals surface area contributed by atoms with Gasteiger partial charge in [0.2, 0.25) is 0 Å². The summed E-state index contributed by atoms with van der Waals surface area (Å²) < 4.78 is 11.9. The first kappa shape index (κ1) is 19.5. The van der Waals surface area contributed by atoms with Gasteiger partial charge in [-0.05, 0) is 13.8 Å². The molecular formula is C16H25N3O6. The molecule has 1 aliphatic heterocycles. The van der Waals surface area contributed by atoms with Crippen LogP contribution in [0.5, 0.6) is 0 Å². The zero-order chi connectivity index (χ0) is 18.6. The molecule has 140 valence electrons. The lowest BCUT2D eigenvalue weighted by Gasteiger charge is -2.20. The third-order valence-electron chi connectivity index (χ3n) is 4.05. The fourth-order valence-corrected chi connectivity index (χ4v) is 2.67. The topological polar surface area (TPSA) is 126 Å². The Bertz CT molecular complexity index is 721. The highest BCUT2D eigenvalue weighted by atomic mass is 16.6. The van der Waals surface area contributed by atoms with E-state index in [-0.39, 0.29) is 6.54 Å². The van der Waals surface area contributed by atoms with Gasteiger partial charge in [0.05, 0.1) is 6.61 Å². The zero-order valence-electron chi connectivity index (χ0n) is 14.6. The van der Waals surface area contributed by atoms with Crippen molar-refractivity contribution in [2.75, 3.05) is 20.3 Å². The summed E-state index contributed by atoms with van der Waals surface area (Å²) in [6.45, 7) is 4.38. The third-order valence-corrected chi connectivity index (χ3v) is 4.05. The van der Waals surface area contributed by atoms with Crippen LogP contribution in [0.1, 0.15) is 25.6 Å². The number of nitrogens with zero attached hydrogens (tertiary/aromatic N) is 1. The van der Waals surface area contributed by atoms with E-state index in [0.717, 1.165) is 5.57 Å². The van der Waals surface area contributed by atoms with Gasteiger partial charge in [-0.25, -0.2) is 4.79 Å². The van der Waals surface area contributed by atoms with Crippen molar-refractivity contribution in [3.63, 3.8) is 0 Å². The Morgan fingerprint density at radius 1 is 1.48 bits per heavy atom. The maximum absolute atomic E-state index is 12.2. The summed E-state index contributed by atoms with van der Waals surface area (Å²) in [5, 5.41) is 22.5. The Morgan fingerprint density at radius 2 is 2.20 bits per heavy atom. The highest BCUT2D eigenvalue weighted by Crippen LogP contribution is 2.30. The number of rotatable bonds is 7. The van der Waals surface area contributed by atoms with Crippen molar-refractivity contribution in [3.05, 3.63) is 44.2 Å². The van der Waals surface area contributed by atoms with Crippen LogP contribution in [-0.2, 0) is 16.0 Å². The number of hydrogen-bond acceptors (Lipinski definition) is 7. The predicted molar refractivity (Wildman–Crippen MR) is 90.3 cm³/mol. The summed E-state index contributed by atoms with van der Waals surface area (Å²) in [5.74, 6) is 0. The summed E-state index contributed by atoms with van der Waals surface area (Å²) in [4.78, 5) is 26.4. The van der Waals surface area contributed by atoms with Crippen molar-refractivity contribution in [1.82, 2.24) is 14.9 Å². The van der Waals surface area contributed by atoms with E-state index < -0.39 is 42.4 Å². The molecule has 0 amide bonds. The van der Waals surface area contributed by atoms with Crippen LogP contribution in [-0.4, -0.2) is 58.3 Å². The van der Waals surface area contributed by atoms with Crippen molar-refractivity contribution in [2.45, 2.75) is 44.9 Å². The largest absolute Gasteiger partial charge is 0.394 e. The standard InChI is InChI=1S/C16H25N3O6/c1-9(2)4-5-17-6-10-7-19(16(23)18-14(10)22)15-13(24-3)12(21)11(8-20)25-15/h4,7,11-13,15,17,20-21H,5-6,8H2,1-3H3,(H,18,22,23)/t11-,12?,13?,15-/m1/s1. The minimum atomic E-state index is -1.09. The number of allylic oxidation sites excluding steroid dienone is 1. The van der Waals surface area contributed by atoms with Gasteiger partial charge in [-0.1, -0.05) is 11.6 Å². The van der Waals surface area contributed by atoms with Crippen molar-refractivity contribution in [2.24, 2.45) is 0 Å². The molecule has 0 aromatic carbocycles. The number of nitrogens with one attached hydrogen (secondary N) is 2. The number of H-pyrrole nitrogens is 1. The fraction of sp³-hybridized carbons (Fsp3) is 0.625. The van der Waals surface area contributed by atoms with Crippen molar-refractivity contribution in [1.29, 1.82) is 0 Å². The van der Waals surface area contributed by atoms with E-state index in [9.17, 15) is 19.8 Å². The second-order valence-electron chi connectivity index (χ2n) is 6.17. The summed E-state index contributed by atoms with van der Waals surface area (Å²) in [6.07, 6.45) is -0.371. The molecule has 1 aromatic heterocycles. The smallest absolute Gasteiger partial charge is 0.330 e. The van der Waals surface area contributed by atoms with E-state index in [0.29, 0.717) is 12.1 Å². The normalized spacial score (nSPS) is 26.0. The molecular weight excluding hydrogens is 330 g/mol. The highest BCUT2D eigenvalue weighted by Gasteiger charge is 2.45. The lowest BCUT2D eigenvalue weighted by Crippen LogP contribution is -2.40. The SMILES string of the molecule is COC1C(O)[C@@H](CO)O[C@H]1n1cc(CNCC=C(C)C)c(=O)[nH]c1=O. The van der Waals surface area contributed by atoms with Crippen molar-refractivity contribution >= 4 is 0 Å². The Hall–Kier alpha value is -1.78. The first-order valence-corrected chi connectivity index (χ1v) is 8.04. The zero-order valence-corrected chi connectivity index (χ0v) is 14.6. The second-order valence-corrected chi connectivity index (χ2v) is 6.17. The fourth-order valence-electron chi connectivity index (χ4n) is 2.67. The van der Waals surface area contributed by atoms with Crippen LogP contribution in [0.4, 0.5) is 0 Å². The number of ether oxygens (including phenoxy) is 2. The van der Waals surface area contributed by atoms with Crippen LogP contribution in [0.2, 0.25) is 0 Å². The molecule has 0 aliphatic carbocycles. The number of aliphatic hydroxyl groups excluding tert-OH is 2. The summed E-state index contributed by atoms with van der Waals surface area (Å²) in [5.41, 5.74) is 0.341. The van der Waals surface area contributed by atoms with E-state index in [1.54, 1.807) is 0 Å². The summed E-state index contributed by atoms with van der Waals surface area (Å²) >= 11 is 0. The first-order chi connectivity index (χ1) is 11.9. The molecule has 0 bridgehead atoms. The average molecular weight is 355 g/mol. The van der Waals surface area contributed by atoms with E-state index >= 15 is 0 Å². The molecule has 0 saturated carbocycles. The molecule has 1 aliphatic rings. The molecule has 1 saturated heterocycles. The Morgan fingerprint density at radius 3 is 2.80 bits per heavy atom. The maximum Gasteiger partial charge on any atom is 0.330 e. The van der Waals surface area contributed by atoms with Crippen LogP contribution in [0.25, 0.3) is 0 Å². The van der Waals surface area contributed by atoms with Gasteiger partial charge < -0.3 is 25.0 Å². The van der Waals surface area contributed by atoms with Crippen LogP contribution in [0.3, 0.4) is 0 Å². The minimum absolute atomic E-state index is 0.260. The van der Waals surface area contributed by atoms with E-state index in [4.69, 9.17) is 9.47 Å². The number of aromatic nitrogens is 2. The highest BCUT2D eigenvalue weighted by molar-refractivity contribution is 5.06. The molecule has 9 nitrogen and oxygen atoms in total.